The molecule has 0 saturated carbocycles. The molecular formula is C25H38N2O5S. The summed E-state index contributed by atoms with van der Waals surface area (Å²) in [4.78, 5) is 29.8. The number of ketones is 1. The highest BCUT2D eigenvalue weighted by atomic mass is 32.1. The van der Waals surface area contributed by atoms with Crippen molar-refractivity contribution in [2.75, 3.05) is 0 Å². The van der Waals surface area contributed by atoms with Crippen LogP contribution in [0.1, 0.15) is 76.9 Å². The van der Waals surface area contributed by atoms with E-state index < -0.39 is 18.1 Å². The number of hydrogen-bond acceptors (Lipinski definition) is 7. The molecule has 3 heterocycles. The Morgan fingerprint density at radius 1 is 1.30 bits per heavy atom. The lowest BCUT2D eigenvalue weighted by atomic mass is 9.84. The molecule has 0 bridgehead atoms. The van der Waals surface area contributed by atoms with Crippen molar-refractivity contribution < 1.29 is 24.5 Å². The zero-order valence-electron chi connectivity index (χ0n) is 20.3. The summed E-state index contributed by atoms with van der Waals surface area (Å²) in [5.74, 6) is -1.13. The fourth-order valence-electron chi connectivity index (χ4n) is 4.75. The van der Waals surface area contributed by atoms with Gasteiger partial charge in [-0.2, -0.15) is 0 Å². The molecule has 3 rings (SSSR count). The Morgan fingerprint density at radius 2 is 2.03 bits per heavy atom. The number of fused-ring (bicyclic) bond motifs is 1. The smallest absolute Gasteiger partial charge is 0.223 e. The van der Waals surface area contributed by atoms with Crippen LogP contribution in [0.15, 0.2) is 11.0 Å². The standard InChI is InChI=1S/C25H38N2O5S/c1-14-7-6-8-25(5)22(32-25)12-20(15(2)9-18-13-33-17(4)26-18)27-23(30)11-19(28)10-21(29)16(3)24(14)31/h9,13-14,16,19-20,22,24,28,31H,6-8,10-12H2,1-5H3,(H,27,30)/t14-,16-,19+,20-,22-,24-,25+/m0/s1. The number of thiazole rings is 1. The number of aromatic nitrogens is 1. The van der Waals surface area contributed by atoms with Gasteiger partial charge in [0.15, 0.2) is 0 Å². The van der Waals surface area contributed by atoms with Gasteiger partial charge < -0.3 is 20.3 Å². The number of epoxide rings is 1. The summed E-state index contributed by atoms with van der Waals surface area (Å²) in [7, 11) is 0. The van der Waals surface area contributed by atoms with Crippen LogP contribution in [0, 0.1) is 18.8 Å². The van der Waals surface area contributed by atoms with Gasteiger partial charge in [0.2, 0.25) is 5.91 Å². The molecule has 2 aliphatic heterocycles. The van der Waals surface area contributed by atoms with Crippen LogP contribution in [0.3, 0.4) is 0 Å². The number of rotatable bonds is 2. The normalized spacial score (nSPS) is 37.4. The largest absolute Gasteiger partial charge is 0.392 e. The van der Waals surface area contributed by atoms with E-state index in [-0.39, 0.29) is 48.2 Å². The van der Waals surface area contributed by atoms with Crippen molar-refractivity contribution in [3.8, 4) is 0 Å². The molecule has 0 spiro atoms. The van der Waals surface area contributed by atoms with Crippen LogP contribution in [0.5, 0.6) is 0 Å². The average molecular weight is 479 g/mol. The van der Waals surface area contributed by atoms with E-state index in [0.717, 1.165) is 35.5 Å². The number of hydrogen-bond donors (Lipinski definition) is 3. The molecule has 1 aromatic heterocycles. The molecule has 2 saturated heterocycles. The lowest BCUT2D eigenvalue weighted by molar-refractivity contribution is -0.130. The Bertz CT molecular complexity index is 884. The molecule has 0 aromatic carbocycles. The summed E-state index contributed by atoms with van der Waals surface area (Å²) in [6.45, 7) is 9.69. The number of aliphatic hydroxyl groups is 2. The molecule has 0 aliphatic carbocycles. The van der Waals surface area contributed by atoms with E-state index in [1.165, 1.54) is 0 Å². The van der Waals surface area contributed by atoms with Crippen molar-refractivity contribution in [2.45, 2.75) is 103 Å². The highest BCUT2D eigenvalue weighted by molar-refractivity contribution is 7.09. The van der Waals surface area contributed by atoms with Crippen LogP contribution in [-0.4, -0.2) is 56.8 Å². The summed E-state index contributed by atoms with van der Waals surface area (Å²) in [6.07, 6.45) is 3.06. The van der Waals surface area contributed by atoms with Gasteiger partial charge in [-0.15, -0.1) is 11.3 Å². The average Bonchev–Trinajstić information content (AvgIpc) is 3.17. The Labute approximate surface area is 200 Å². The van der Waals surface area contributed by atoms with E-state index in [9.17, 15) is 19.8 Å². The molecule has 7 atom stereocenters. The van der Waals surface area contributed by atoms with Gasteiger partial charge >= 0.3 is 0 Å². The Hall–Kier alpha value is -1.61. The minimum Gasteiger partial charge on any atom is -0.392 e. The quantitative estimate of drug-likeness (QED) is 0.562. The first kappa shape index (κ1) is 26.0. The summed E-state index contributed by atoms with van der Waals surface area (Å²) in [6, 6.07) is -0.248. The van der Waals surface area contributed by atoms with E-state index in [1.54, 1.807) is 18.3 Å². The van der Waals surface area contributed by atoms with Crippen molar-refractivity contribution in [3.63, 3.8) is 0 Å². The number of carbonyl (C=O) groups is 2. The second kappa shape index (κ2) is 10.8. The molecule has 33 heavy (non-hydrogen) atoms. The highest BCUT2D eigenvalue weighted by Crippen LogP contribution is 2.44. The summed E-state index contributed by atoms with van der Waals surface area (Å²) in [5, 5.41) is 27.0. The van der Waals surface area contributed by atoms with Crippen LogP contribution < -0.4 is 5.32 Å². The maximum Gasteiger partial charge on any atom is 0.223 e. The number of carbonyl (C=O) groups excluding carboxylic acids is 2. The maximum atomic E-state index is 12.7. The predicted molar refractivity (Wildman–Crippen MR) is 129 cm³/mol. The van der Waals surface area contributed by atoms with Crippen molar-refractivity contribution in [3.05, 3.63) is 21.7 Å². The zero-order valence-corrected chi connectivity index (χ0v) is 21.2. The number of amides is 1. The van der Waals surface area contributed by atoms with Gasteiger partial charge in [0.25, 0.3) is 0 Å². The third-order valence-electron chi connectivity index (χ3n) is 7.18. The molecule has 184 valence electrons. The van der Waals surface area contributed by atoms with Crippen LogP contribution in [0.4, 0.5) is 0 Å². The van der Waals surface area contributed by atoms with E-state index >= 15 is 0 Å². The SMILES string of the molecule is CC(=Cc1csc(C)n1)[C@@H]1C[C@@H]2O[C@]2(C)CCC[C@H](C)[C@H](O)[C@@H](C)C(=O)C[C@@H](O)CC(=O)N1. The topological polar surface area (TPSA) is 112 Å². The lowest BCUT2D eigenvalue weighted by Crippen LogP contribution is -2.40. The van der Waals surface area contributed by atoms with Crippen molar-refractivity contribution in [1.29, 1.82) is 0 Å². The molecule has 2 aliphatic rings. The second-order valence-corrected chi connectivity index (χ2v) is 11.2. The molecular weight excluding hydrogens is 440 g/mol. The number of nitrogens with one attached hydrogen (secondary N) is 1. The number of nitrogens with zero attached hydrogens (tertiary/aromatic N) is 1. The molecule has 0 unspecified atom stereocenters. The number of aliphatic hydroxyl groups excluding tert-OH is 2. The van der Waals surface area contributed by atoms with Gasteiger partial charge in [0.1, 0.15) is 5.78 Å². The molecule has 2 fully saturated rings. The minimum atomic E-state index is -1.08. The van der Waals surface area contributed by atoms with Crippen LogP contribution in [-0.2, 0) is 14.3 Å². The predicted octanol–water partition coefficient (Wildman–Crippen LogP) is 3.41. The first-order valence-electron chi connectivity index (χ1n) is 11.9. The van der Waals surface area contributed by atoms with Gasteiger partial charge in [-0.25, -0.2) is 4.98 Å². The van der Waals surface area contributed by atoms with E-state index in [2.05, 4.69) is 17.2 Å². The molecule has 1 amide bonds. The Morgan fingerprint density at radius 3 is 2.70 bits per heavy atom. The lowest BCUT2D eigenvalue weighted by Gasteiger charge is -2.26. The van der Waals surface area contributed by atoms with Crippen molar-refractivity contribution >= 4 is 29.1 Å². The zero-order chi connectivity index (χ0) is 24.3. The summed E-state index contributed by atoms with van der Waals surface area (Å²) < 4.78 is 6.06. The Kier molecular flexibility index (Phi) is 8.48. The fourth-order valence-corrected chi connectivity index (χ4v) is 5.32. The van der Waals surface area contributed by atoms with Crippen LogP contribution in [0.25, 0.3) is 6.08 Å². The number of aryl methyl sites for hydroxylation is 1. The minimum absolute atomic E-state index is 0.0295. The molecule has 3 N–H and O–H groups in total. The van der Waals surface area contributed by atoms with E-state index in [1.807, 2.05) is 32.2 Å². The van der Waals surface area contributed by atoms with Gasteiger partial charge in [0.05, 0.1) is 47.1 Å². The summed E-state index contributed by atoms with van der Waals surface area (Å²) >= 11 is 1.58. The van der Waals surface area contributed by atoms with Crippen LogP contribution >= 0.6 is 11.3 Å². The molecule has 1 aromatic rings. The monoisotopic (exact) mass is 478 g/mol. The molecule has 7 nitrogen and oxygen atoms in total. The molecule has 0 radical (unpaired) electrons. The fraction of sp³-hybridized carbons (Fsp3) is 0.720. The van der Waals surface area contributed by atoms with E-state index in [0.29, 0.717) is 6.42 Å². The second-order valence-electron chi connectivity index (χ2n) is 10.1. The number of ether oxygens (including phenoxy) is 1. The van der Waals surface area contributed by atoms with Gasteiger partial charge in [-0.05, 0) is 51.2 Å². The Balaban J connectivity index is 1.78. The third-order valence-corrected chi connectivity index (χ3v) is 7.97. The van der Waals surface area contributed by atoms with Crippen LogP contribution in [0.2, 0.25) is 0 Å². The van der Waals surface area contributed by atoms with Gasteiger partial charge in [0, 0.05) is 24.1 Å². The van der Waals surface area contributed by atoms with Crippen molar-refractivity contribution in [2.24, 2.45) is 11.8 Å². The molecule has 8 heteroatoms. The van der Waals surface area contributed by atoms with Gasteiger partial charge in [-0.1, -0.05) is 20.3 Å². The maximum absolute atomic E-state index is 12.7. The van der Waals surface area contributed by atoms with Gasteiger partial charge in [-0.3, -0.25) is 9.59 Å². The number of Topliss-reactive ketones (excluding diaryl/α,β-unsaturated/α-hetero) is 1. The summed E-state index contributed by atoms with van der Waals surface area (Å²) in [5.41, 5.74) is 1.59. The van der Waals surface area contributed by atoms with Crippen molar-refractivity contribution in [1.82, 2.24) is 10.3 Å². The first-order valence-corrected chi connectivity index (χ1v) is 12.8. The van der Waals surface area contributed by atoms with E-state index in [4.69, 9.17) is 4.74 Å². The first-order chi connectivity index (χ1) is 15.5. The highest BCUT2D eigenvalue weighted by Gasteiger charge is 2.52. The third kappa shape index (κ3) is 6.94.